The number of rotatable bonds is 9. The van der Waals surface area contributed by atoms with Gasteiger partial charge in [-0.05, 0) is 37.5 Å². The molecule has 4 N–H and O–H groups in total. The van der Waals surface area contributed by atoms with Gasteiger partial charge in [0.25, 0.3) is 0 Å². The lowest BCUT2D eigenvalue weighted by Crippen LogP contribution is -2.23. The minimum atomic E-state index is -1.01. The van der Waals surface area contributed by atoms with E-state index in [9.17, 15) is 4.79 Å². The van der Waals surface area contributed by atoms with Gasteiger partial charge in [-0.2, -0.15) is 4.73 Å². The van der Waals surface area contributed by atoms with Crippen molar-refractivity contribution in [1.82, 2.24) is 20.0 Å². The van der Waals surface area contributed by atoms with Gasteiger partial charge in [0.2, 0.25) is 0 Å². The molecule has 0 radical (unpaired) electrons. The molecule has 1 amide bonds. The number of imidazole rings is 1. The highest BCUT2D eigenvalue weighted by Crippen LogP contribution is 2.30. The second-order valence-corrected chi connectivity index (χ2v) is 7.47. The molecule has 0 bridgehead atoms. The Morgan fingerprint density at radius 3 is 2.89 bits per heavy atom. The van der Waals surface area contributed by atoms with E-state index in [0.717, 1.165) is 52.4 Å². The fourth-order valence-electron chi connectivity index (χ4n) is 3.06. The number of hydrogen-bond donors (Lipinski definition) is 3. The van der Waals surface area contributed by atoms with Crippen molar-refractivity contribution < 1.29 is 14.7 Å². The molecule has 150 valence electrons. The predicted octanol–water partition coefficient (Wildman–Crippen LogP) is 3.75. The van der Waals surface area contributed by atoms with Crippen molar-refractivity contribution in [3.05, 3.63) is 28.5 Å². The third-order valence-electron chi connectivity index (χ3n) is 4.42. The molecule has 2 aromatic heterocycles. The lowest BCUT2D eigenvalue weighted by molar-refractivity contribution is 0.109. The minimum absolute atomic E-state index is 0.381. The molecule has 2 heterocycles. The zero-order valence-electron chi connectivity index (χ0n) is 15.7. The van der Waals surface area contributed by atoms with Crippen LogP contribution in [-0.2, 0) is 6.42 Å². The highest BCUT2D eigenvalue weighted by Gasteiger charge is 2.18. The second-order valence-electron chi connectivity index (χ2n) is 6.55. The summed E-state index contributed by atoms with van der Waals surface area (Å²) in [7, 11) is 0. The number of carboxylic acid groups (broad SMARTS) is 1. The molecule has 0 aliphatic heterocycles. The maximum Gasteiger partial charge on any atom is 0.404 e. The first kappa shape index (κ1) is 20.2. The third-order valence-corrected chi connectivity index (χ3v) is 4.92. The number of fused-ring (bicyclic) bond motifs is 3. The van der Waals surface area contributed by atoms with E-state index in [4.69, 9.17) is 20.7 Å². The molecule has 0 spiro atoms. The Morgan fingerprint density at radius 2 is 2.14 bits per heavy atom. The Morgan fingerprint density at radius 1 is 1.32 bits per heavy atom. The maximum atomic E-state index is 10.5. The quantitative estimate of drug-likeness (QED) is 0.428. The normalized spacial score (nSPS) is 11.2. The monoisotopic (exact) mass is 449 g/mol. The van der Waals surface area contributed by atoms with E-state index in [0.29, 0.717) is 30.9 Å². The van der Waals surface area contributed by atoms with Crippen LogP contribution in [0.3, 0.4) is 0 Å². The molecule has 0 unspecified atom stereocenters. The molecule has 0 atom stereocenters. The smallest absolute Gasteiger partial charge is 0.404 e. The van der Waals surface area contributed by atoms with Gasteiger partial charge < -0.3 is 21.0 Å². The number of pyridine rings is 1. The fourth-order valence-corrected chi connectivity index (χ4v) is 3.41. The first-order chi connectivity index (χ1) is 13.5. The molecule has 28 heavy (non-hydrogen) atoms. The highest BCUT2D eigenvalue weighted by atomic mass is 79.9. The Bertz CT molecular complexity index is 989. The summed E-state index contributed by atoms with van der Waals surface area (Å²) in [6.45, 7) is 2.98. The van der Waals surface area contributed by atoms with Crippen LogP contribution in [-0.4, -0.2) is 39.0 Å². The highest BCUT2D eigenvalue weighted by molar-refractivity contribution is 9.10. The van der Waals surface area contributed by atoms with Crippen LogP contribution < -0.4 is 15.9 Å². The van der Waals surface area contributed by atoms with E-state index in [1.54, 1.807) is 4.73 Å². The van der Waals surface area contributed by atoms with Gasteiger partial charge >= 0.3 is 6.09 Å². The molecule has 0 aliphatic rings. The van der Waals surface area contributed by atoms with Gasteiger partial charge in [-0.1, -0.05) is 29.3 Å². The van der Waals surface area contributed by atoms with Crippen molar-refractivity contribution in [2.75, 3.05) is 18.9 Å². The lowest BCUT2D eigenvalue weighted by Gasteiger charge is -2.12. The number of nitrogens with zero attached hydrogens (tertiary/aromatic N) is 3. The van der Waals surface area contributed by atoms with Crippen LogP contribution >= 0.6 is 15.9 Å². The Hall–Kier alpha value is -2.55. The molecule has 0 saturated heterocycles. The van der Waals surface area contributed by atoms with Gasteiger partial charge in [-0.25, -0.2) is 14.8 Å². The van der Waals surface area contributed by atoms with Crippen molar-refractivity contribution in [3.63, 3.8) is 0 Å². The van der Waals surface area contributed by atoms with Crippen molar-refractivity contribution in [3.8, 4) is 0 Å². The molecule has 0 fully saturated rings. The summed E-state index contributed by atoms with van der Waals surface area (Å²) in [5.41, 5.74) is 8.43. The molecule has 0 aliphatic carbocycles. The Balaban J connectivity index is 1.92. The molecule has 0 saturated carbocycles. The number of nitrogens with one attached hydrogen (secondary N) is 1. The topological polar surface area (TPSA) is 115 Å². The largest absolute Gasteiger partial charge is 0.465 e. The predicted molar refractivity (Wildman–Crippen MR) is 112 cm³/mol. The summed E-state index contributed by atoms with van der Waals surface area (Å²) >= 11 is 3.47. The summed E-state index contributed by atoms with van der Waals surface area (Å²) in [6.07, 6.45) is 3.22. The summed E-state index contributed by atoms with van der Waals surface area (Å²) in [5, 5.41) is 11.9. The van der Waals surface area contributed by atoms with Crippen molar-refractivity contribution in [1.29, 1.82) is 0 Å². The second kappa shape index (κ2) is 9.09. The number of carbonyl (C=O) groups is 1. The van der Waals surface area contributed by atoms with Crippen molar-refractivity contribution in [2.24, 2.45) is 0 Å². The molecule has 3 rings (SSSR count). The first-order valence-corrected chi connectivity index (χ1v) is 10.2. The van der Waals surface area contributed by atoms with Gasteiger partial charge in [0, 0.05) is 22.8 Å². The van der Waals surface area contributed by atoms with E-state index in [-0.39, 0.29) is 0 Å². The van der Waals surface area contributed by atoms with E-state index in [1.807, 2.05) is 18.2 Å². The zero-order valence-corrected chi connectivity index (χ0v) is 17.3. The number of amides is 1. The van der Waals surface area contributed by atoms with E-state index in [2.05, 4.69) is 33.2 Å². The van der Waals surface area contributed by atoms with Gasteiger partial charge in [-0.15, -0.1) is 0 Å². The number of halogens is 1. The van der Waals surface area contributed by atoms with Crippen molar-refractivity contribution >= 4 is 49.8 Å². The third kappa shape index (κ3) is 4.46. The molecule has 9 heteroatoms. The summed E-state index contributed by atoms with van der Waals surface area (Å²) in [6, 6.07) is 5.86. The number of aromatic nitrogens is 3. The maximum absolute atomic E-state index is 10.5. The molecular formula is C19H24BrN5O3. The summed E-state index contributed by atoms with van der Waals surface area (Å²) in [4.78, 5) is 25.8. The van der Waals surface area contributed by atoms with Crippen LogP contribution in [0.15, 0.2) is 22.7 Å². The number of nitrogens with two attached hydrogens (primary N) is 1. The average molecular weight is 450 g/mol. The van der Waals surface area contributed by atoms with Crippen LogP contribution in [0, 0.1) is 0 Å². The van der Waals surface area contributed by atoms with Gasteiger partial charge in [0.05, 0.1) is 5.52 Å². The first-order valence-electron chi connectivity index (χ1n) is 9.37. The van der Waals surface area contributed by atoms with Gasteiger partial charge in [0.15, 0.2) is 5.82 Å². The van der Waals surface area contributed by atoms with Crippen molar-refractivity contribution in [2.45, 2.75) is 39.0 Å². The number of nitrogen functional groups attached to an aromatic ring is 1. The number of aryl methyl sites for hydroxylation is 1. The summed E-state index contributed by atoms with van der Waals surface area (Å²) in [5.74, 6) is 1.20. The number of hydrogen-bond acceptors (Lipinski definition) is 5. The standard InChI is InChI=1S/C19H24BrN5O3/c1-2-3-6-15-24-16-17(25(15)28-10-5-4-9-22-19(26)27)13-8-7-12(20)11-14(13)23-18(16)21/h7-8,11,22H,2-6,9-10H2,1H3,(H2,21,23)(H,26,27). The Kier molecular flexibility index (Phi) is 6.56. The SMILES string of the molecule is CCCCc1nc2c(N)nc3cc(Br)ccc3c2n1OCCCCNC(=O)O. The van der Waals surface area contributed by atoms with Crippen LogP contribution in [0.5, 0.6) is 0 Å². The van der Waals surface area contributed by atoms with E-state index < -0.39 is 6.09 Å². The van der Waals surface area contributed by atoms with Gasteiger partial charge in [0.1, 0.15) is 23.5 Å². The molecule has 1 aromatic carbocycles. The lowest BCUT2D eigenvalue weighted by atomic mass is 10.2. The van der Waals surface area contributed by atoms with Crippen LogP contribution in [0.4, 0.5) is 10.6 Å². The molecule has 8 nitrogen and oxygen atoms in total. The van der Waals surface area contributed by atoms with Crippen LogP contribution in [0.25, 0.3) is 21.9 Å². The zero-order chi connectivity index (χ0) is 20.1. The van der Waals surface area contributed by atoms with Crippen LogP contribution in [0.2, 0.25) is 0 Å². The Labute approximate surface area is 171 Å². The van der Waals surface area contributed by atoms with Gasteiger partial charge in [-0.3, -0.25) is 0 Å². The number of unbranched alkanes of at least 4 members (excludes halogenated alkanes) is 2. The van der Waals surface area contributed by atoms with E-state index in [1.165, 1.54) is 0 Å². The summed E-state index contributed by atoms with van der Waals surface area (Å²) < 4.78 is 2.71. The molecular weight excluding hydrogens is 426 g/mol. The number of anilines is 1. The molecule has 3 aromatic rings. The number of benzene rings is 1. The van der Waals surface area contributed by atoms with Crippen LogP contribution in [0.1, 0.15) is 38.4 Å². The minimum Gasteiger partial charge on any atom is -0.465 e. The average Bonchev–Trinajstić information content (AvgIpc) is 3.01. The fraction of sp³-hybridized carbons (Fsp3) is 0.421. The van der Waals surface area contributed by atoms with E-state index >= 15 is 0 Å².